The molecular formula is C11H12N2O4. The smallest absolute Gasteiger partial charge is 0.323 e. The summed E-state index contributed by atoms with van der Waals surface area (Å²) < 4.78 is 5.13. The van der Waals surface area contributed by atoms with Crippen LogP contribution < -0.4 is 5.73 Å². The Bertz CT molecular complexity index is 458. The topological polar surface area (TPSA) is 96.8 Å². The molecule has 0 aromatic carbocycles. The van der Waals surface area contributed by atoms with Crippen LogP contribution in [0.15, 0.2) is 16.5 Å². The maximum atomic E-state index is 11.8. The van der Waals surface area contributed by atoms with Crippen LogP contribution in [0, 0.1) is 12.3 Å². The van der Waals surface area contributed by atoms with E-state index in [0.29, 0.717) is 5.76 Å². The van der Waals surface area contributed by atoms with Gasteiger partial charge in [-0.2, -0.15) is 0 Å². The van der Waals surface area contributed by atoms with Gasteiger partial charge in [-0.15, -0.1) is 6.42 Å². The van der Waals surface area contributed by atoms with E-state index in [2.05, 4.69) is 5.92 Å². The molecule has 0 radical (unpaired) electrons. The number of nitrogens with zero attached hydrogens (tertiary/aromatic N) is 1. The highest BCUT2D eigenvalue weighted by Crippen LogP contribution is 2.10. The predicted molar refractivity (Wildman–Crippen MR) is 59.0 cm³/mol. The lowest BCUT2D eigenvalue weighted by Gasteiger charge is -2.15. The first-order valence-corrected chi connectivity index (χ1v) is 4.81. The van der Waals surface area contributed by atoms with Gasteiger partial charge in [0.25, 0.3) is 5.91 Å². The van der Waals surface area contributed by atoms with Crippen LogP contribution in [0.2, 0.25) is 0 Å². The lowest BCUT2D eigenvalue weighted by Crippen LogP contribution is -2.35. The molecule has 0 saturated carbocycles. The van der Waals surface area contributed by atoms with Crippen molar-refractivity contribution in [2.75, 3.05) is 13.1 Å². The summed E-state index contributed by atoms with van der Waals surface area (Å²) in [6, 6.07) is 3.00. The number of carbonyl (C=O) groups excluding carboxylic acids is 1. The fourth-order valence-corrected chi connectivity index (χ4v) is 1.23. The molecule has 1 amide bonds. The second-order valence-corrected chi connectivity index (χ2v) is 3.23. The second-order valence-electron chi connectivity index (χ2n) is 3.23. The van der Waals surface area contributed by atoms with Crippen LogP contribution in [-0.2, 0) is 11.3 Å². The van der Waals surface area contributed by atoms with Crippen LogP contribution in [0.3, 0.4) is 0 Å². The van der Waals surface area contributed by atoms with E-state index in [0.717, 1.165) is 4.90 Å². The molecule has 0 fully saturated rings. The van der Waals surface area contributed by atoms with Gasteiger partial charge in [-0.25, -0.2) is 0 Å². The Balaban J connectivity index is 2.83. The third kappa shape index (κ3) is 3.36. The minimum absolute atomic E-state index is 0.0296. The number of furan rings is 1. The highest BCUT2D eigenvalue weighted by Gasteiger charge is 2.20. The van der Waals surface area contributed by atoms with Crippen molar-refractivity contribution >= 4 is 11.9 Å². The standard InChI is InChI=1S/C11H12N2O4/c1-2-5-13(7-10(14)15)11(16)9-4-3-8(6-12)17-9/h1,3-4H,5-7,12H2,(H,14,15). The summed E-state index contributed by atoms with van der Waals surface area (Å²) in [4.78, 5) is 23.4. The van der Waals surface area contributed by atoms with Crippen LogP contribution in [0.4, 0.5) is 0 Å². The Hall–Kier alpha value is -2.26. The summed E-state index contributed by atoms with van der Waals surface area (Å²) in [5, 5.41) is 8.64. The molecule has 1 rings (SSSR count). The number of terminal acetylenes is 1. The number of hydrogen-bond acceptors (Lipinski definition) is 4. The van der Waals surface area contributed by atoms with E-state index in [1.165, 1.54) is 6.07 Å². The molecule has 1 aromatic heterocycles. The second kappa shape index (κ2) is 5.72. The third-order valence-electron chi connectivity index (χ3n) is 1.97. The van der Waals surface area contributed by atoms with Crippen LogP contribution in [0.1, 0.15) is 16.3 Å². The molecule has 0 spiro atoms. The molecule has 0 aliphatic carbocycles. The monoisotopic (exact) mass is 236 g/mol. The number of nitrogens with two attached hydrogens (primary N) is 1. The van der Waals surface area contributed by atoms with Gasteiger partial charge in [0.15, 0.2) is 5.76 Å². The molecule has 0 aliphatic rings. The summed E-state index contributed by atoms with van der Waals surface area (Å²) in [7, 11) is 0. The Kier molecular flexibility index (Phi) is 4.31. The Morgan fingerprint density at radius 1 is 1.53 bits per heavy atom. The van der Waals surface area contributed by atoms with Crippen LogP contribution in [0.25, 0.3) is 0 Å². The van der Waals surface area contributed by atoms with Gasteiger partial charge in [-0.1, -0.05) is 5.92 Å². The number of carbonyl (C=O) groups is 2. The van der Waals surface area contributed by atoms with E-state index >= 15 is 0 Å². The number of amides is 1. The molecule has 1 aromatic rings. The first-order valence-electron chi connectivity index (χ1n) is 4.81. The lowest BCUT2D eigenvalue weighted by molar-refractivity contribution is -0.137. The zero-order valence-electron chi connectivity index (χ0n) is 9.05. The highest BCUT2D eigenvalue weighted by molar-refractivity contribution is 5.93. The molecule has 0 atom stereocenters. The average molecular weight is 236 g/mol. The Morgan fingerprint density at radius 2 is 2.24 bits per heavy atom. The summed E-state index contributed by atoms with van der Waals surface area (Å²) in [6.45, 7) is -0.396. The molecule has 0 aliphatic heterocycles. The molecular weight excluding hydrogens is 224 g/mol. The largest absolute Gasteiger partial charge is 0.480 e. The van der Waals surface area contributed by atoms with Gasteiger partial charge >= 0.3 is 5.97 Å². The Labute approximate surface area is 98.0 Å². The molecule has 0 unspecified atom stereocenters. The molecule has 3 N–H and O–H groups in total. The number of aliphatic carboxylic acids is 1. The van der Waals surface area contributed by atoms with Gasteiger partial charge in [0.05, 0.1) is 13.1 Å². The van der Waals surface area contributed by atoms with E-state index in [9.17, 15) is 9.59 Å². The fraction of sp³-hybridized carbons (Fsp3) is 0.273. The highest BCUT2D eigenvalue weighted by atomic mass is 16.4. The first-order chi connectivity index (χ1) is 8.08. The van der Waals surface area contributed by atoms with Crippen molar-refractivity contribution in [1.82, 2.24) is 4.90 Å². The summed E-state index contributed by atoms with van der Waals surface area (Å²) >= 11 is 0. The van der Waals surface area contributed by atoms with Gasteiger partial charge in [0.2, 0.25) is 0 Å². The van der Waals surface area contributed by atoms with Gasteiger partial charge in [0, 0.05) is 0 Å². The van der Waals surface area contributed by atoms with Crippen LogP contribution in [0.5, 0.6) is 0 Å². The van der Waals surface area contributed by atoms with Crippen molar-refractivity contribution in [2.24, 2.45) is 5.73 Å². The predicted octanol–water partition coefficient (Wildman–Crippen LogP) is -0.102. The molecule has 6 nitrogen and oxygen atoms in total. The number of carboxylic acid groups (broad SMARTS) is 1. The molecule has 17 heavy (non-hydrogen) atoms. The van der Waals surface area contributed by atoms with Crippen molar-refractivity contribution in [3.8, 4) is 12.3 Å². The van der Waals surface area contributed by atoms with Crippen LogP contribution in [-0.4, -0.2) is 35.0 Å². The first kappa shape index (κ1) is 12.8. The zero-order valence-corrected chi connectivity index (χ0v) is 9.05. The maximum Gasteiger partial charge on any atom is 0.323 e. The van der Waals surface area contributed by atoms with E-state index in [4.69, 9.17) is 21.7 Å². The van der Waals surface area contributed by atoms with Crippen molar-refractivity contribution in [2.45, 2.75) is 6.54 Å². The quantitative estimate of drug-likeness (QED) is 0.696. The van der Waals surface area contributed by atoms with Gasteiger partial charge in [0.1, 0.15) is 12.3 Å². The molecule has 0 bridgehead atoms. The van der Waals surface area contributed by atoms with Crippen molar-refractivity contribution in [1.29, 1.82) is 0 Å². The maximum absolute atomic E-state index is 11.8. The molecule has 1 heterocycles. The fourth-order valence-electron chi connectivity index (χ4n) is 1.23. The average Bonchev–Trinajstić information content (AvgIpc) is 2.75. The Morgan fingerprint density at radius 3 is 2.71 bits per heavy atom. The SMILES string of the molecule is C#CCN(CC(=O)O)C(=O)c1ccc(CN)o1. The number of hydrogen-bond donors (Lipinski definition) is 2. The lowest BCUT2D eigenvalue weighted by atomic mass is 10.3. The van der Waals surface area contributed by atoms with E-state index < -0.39 is 18.4 Å². The molecule has 6 heteroatoms. The van der Waals surface area contributed by atoms with Gasteiger partial charge in [-0.3, -0.25) is 9.59 Å². The van der Waals surface area contributed by atoms with Crippen LogP contribution >= 0.6 is 0 Å². The van der Waals surface area contributed by atoms with E-state index in [1.54, 1.807) is 6.07 Å². The van der Waals surface area contributed by atoms with Crippen molar-refractivity contribution in [3.63, 3.8) is 0 Å². The summed E-state index contributed by atoms with van der Waals surface area (Å²) in [5.41, 5.74) is 5.33. The van der Waals surface area contributed by atoms with Gasteiger partial charge < -0.3 is 20.2 Å². The minimum Gasteiger partial charge on any atom is -0.480 e. The number of rotatable bonds is 5. The molecule has 0 saturated heterocycles. The zero-order chi connectivity index (χ0) is 12.8. The van der Waals surface area contributed by atoms with Gasteiger partial charge in [-0.05, 0) is 12.1 Å². The van der Waals surface area contributed by atoms with E-state index in [-0.39, 0.29) is 18.8 Å². The normalized spacial score (nSPS) is 9.65. The summed E-state index contributed by atoms with van der Waals surface area (Å²) in [5.74, 6) is 0.994. The van der Waals surface area contributed by atoms with Crippen molar-refractivity contribution < 1.29 is 19.1 Å². The third-order valence-corrected chi connectivity index (χ3v) is 1.97. The van der Waals surface area contributed by atoms with Crippen molar-refractivity contribution in [3.05, 3.63) is 23.7 Å². The minimum atomic E-state index is -1.14. The summed E-state index contributed by atoms with van der Waals surface area (Å²) in [6.07, 6.45) is 5.06. The number of carboxylic acids is 1. The van der Waals surface area contributed by atoms with E-state index in [1.807, 2.05) is 0 Å². The molecule has 90 valence electrons.